The van der Waals surface area contributed by atoms with Gasteiger partial charge < -0.3 is 5.32 Å². The summed E-state index contributed by atoms with van der Waals surface area (Å²) in [6, 6.07) is 0. The summed E-state index contributed by atoms with van der Waals surface area (Å²) < 4.78 is 23.6. The molecule has 0 radical (unpaired) electrons. The van der Waals surface area contributed by atoms with Crippen molar-refractivity contribution < 1.29 is 18.0 Å². The summed E-state index contributed by atoms with van der Waals surface area (Å²) in [5.74, 6) is -0.682. The molecular formula is C10H16N2O4S. The lowest BCUT2D eigenvalue weighted by molar-refractivity contribution is -0.121. The first-order chi connectivity index (χ1) is 7.61. The van der Waals surface area contributed by atoms with Crippen molar-refractivity contribution in [3.8, 4) is 0 Å². The molecule has 0 aromatic heterocycles. The summed E-state index contributed by atoms with van der Waals surface area (Å²) in [6.45, 7) is 3.20. The predicted octanol–water partition coefficient (Wildman–Crippen LogP) is -0.323. The number of sulfonamides is 1. The normalized spacial score (nSPS) is 23.8. The molecule has 1 aliphatic rings. The van der Waals surface area contributed by atoms with Crippen molar-refractivity contribution in [2.45, 2.75) is 32.2 Å². The van der Waals surface area contributed by atoms with Gasteiger partial charge in [-0.05, 0) is 13.3 Å². The highest BCUT2D eigenvalue weighted by Crippen LogP contribution is 2.24. The lowest BCUT2D eigenvalue weighted by Gasteiger charge is -2.25. The third-order valence-electron chi connectivity index (χ3n) is 2.42. The molecule has 1 amide bonds. The van der Waals surface area contributed by atoms with E-state index in [4.69, 9.17) is 0 Å². The molecule has 96 valence electrons. The molecule has 1 aliphatic heterocycles. The fourth-order valence-electron chi connectivity index (χ4n) is 1.70. The number of carbonyl (C=O) groups is 2. The van der Waals surface area contributed by atoms with Gasteiger partial charge in [0.05, 0.1) is 18.4 Å². The van der Waals surface area contributed by atoms with Crippen LogP contribution in [0.3, 0.4) is 0 Å². The summed E-state index contributed by atoms with van der Waals surface area (Å²) in [5.41, 5.74) is -0.130. The van der Waals surface area contributed by atoms with Crippen LogP contribution in [0.2, 0.25) is 0 Å². The third-order valence-corrected chi connectivity index (χ3v) is 3.02. The first kappa shape index (κ1) is 13.7. The van der Waals surface area contributed by atoms with E-state index in [-0.39, 0.29) is 12.2 Å². The molecule has 1 unspecified atom stereocenters. The molecular weight excluding hydrogens is 244 g/mol. The molecule has 0 saturated carbocycles. The Balaban J connectivity index is 2.60. The topological polar surface area (TPSA) is 92.3 Å². The van der Waals surface area contributed by atoms with Crippen molar-refractivity contribution in [3.63, 3.8) is 0 Å². The highest BCUT2D eigenvalue weighted by atomic mass is 32.2. The molecule has 1 heterocycles. The molecule has 0 aliphatic carbocycles. The molecule has 2 N–H and O–H groups in total. The van der Waals surface area contributed by atoms with Crippen molar-refractivity contribution in [2.24, 2.45) is 0 Å². The summed E-state index contributed by atoms with van der Waals surface area (Å²) in [5, 5.41) is 2.94. The summed E-state index contributed by atoms with van der Waals surface area (Å²) in [6.07, 6.45) is 3.15. The summed E-state index contributed by atoms with van der Waals surface area (Å²) in [4.78, 5) is 22.6. The highest BCUT2D eigenvalue weighted by molar-refractivity contribution is 7.89. The van der Waals surface area contributed by atoms with E-state index in [1.54, 1.807) is 13.0 Å². The quantitative estimate of drug-likeness (QED) is 0.722. The molecule has 1 atom stereocenters. The average Bonchev–Trinajstić information content (AvgIpc) is 2.43. The standard InChI is InChI=1S/C10H16N2O4S/c1-7(13)8-4-5-10(2,11-8)6-9(14)12-17(3,15)16/h4,11H,5-6H2,1-3H3,(H,12,14). The van der Waals surface area contributed by atoms with Crippen molar-refractivity contribution in [3.05, 3.63) is 11.8 Å². The zero-order valence-corrected chi connectivity index (χ0v) is 10.8. The maximum absolute atomic E-state index is 11.5. The monoisotopic (exact) mass is 260 g/mol. The smallest absolute Gasteiger partial charge is 0.235 e. The van der Waals surface area contributed by atoms with Gasteiger partial charge in [-0.25, -0.2) is 8.42 Å². The summed E-state index contributed by atoms with van der Waals surface area (Å²) >= 11 is 0. The Morgan fingerprint density at radius 1 is 1.53 bits per heavy atom. The van der Waals surface area contributed by atoms with Gasteiger partial charge in [-0.3, -0.25) is 14.3 Å². The average molecular weight is 260 g/mol. The number of allylic oxidation sites excluding steroid dienone is 1. The van der Waals surface area contributed by atoms with Crippen LogP contribution in [0.15, 0.2) is 11.8 Å². The van der Waals surface area contributed by atoms with E-state index >= 15 is 0 Å². The fraction of sp³-hybridized carbons (Fsp3) is 0.600. The van der Waals surface area contributed by atoms with Crippen LogP contribution in [-0.4, -0.2) is 31.9 Å². The molecule has 0 aromatic carbocycles. The van der Waals surface area contributed by atoms with E-state index in [0.717, 1.165) is 6.26 Å². The molecule has 0 aromatic rings. The highest BCUT2D eigenvalue weighted by Gasteiger charge is 2.33. The van der Waals surface area contributed by atoms with Gasteiger partial charge in [-0.2, -0.15) is 0 Å². The van der Waals surface area contributed by atoms with Crippen LogP contribution < -0.4 is 10.0 Å². The second-order valence-electron chi connectivity index (χ2n) is 4.54. The Hall–Kier alpha value is -1.37. The maximum Gasteiger partial charge on any atom is 0.235 e. The molecule has 0 saturated heterocycles. The fourth-order valence-corrected chi connectivity index (χ4v) is 2.19. The number of amides is 1. The number of hydrogen-bond acceptors (Lipinski definition) is 5. The van der Waals surface area contributed by atoms with Crippen LogP contribution >= 0.6 is 0 Å². The summed E-state index contributed by atoms with van der Waals surface area (Å²) in [7, 11) is -3.53. The minimum absolute atomic E-state index is 0.00660. The SMILES string of the molecule is CC(=O)C1=CCC(C)(CC(=O)NS(C)(=O)=O)N1. The number of ketones is 1. The van der Waals surface area contributed by atoms with Gasteiger partial charge in [-0.15, -0.1) is 0 Å². The minimum atomic E-state index is -3.53. The number of carbonyl (C=O) groups excluding carboxylic acids is 2. The predicted molar refractivity (Wildman–Crippen MR) is 62.5 cm³/mol. The van der Waals surface area contributed by atoms with E-state index in [2.05, 4.69) is 5.32 Å². The van der Waals surface area contributed by atoms with E-state index in [0.29, 0.717) is 12.1 Å². The second-order valence-corrected chi connectivity index (χ2v) is 6.29. The van der Waals surface area contributed by atoms with Crippen LogP contribution in [0.5, 0.6) is 0 Å². The first-order valence-electron chi connectivity index (χ1n) is 5.11. The van der Waals surface area contributed by atoms with Gasteiger partial charge in [0, 0.05) is 12.5 Å². The lowest BCUT2D eigenvalue weighted by atomic mass is 9.96. The van der Waals surface area contributed by atoms with E-state index in [1.807, 2.05) is 4.72 Å². The van der Waals surface area contributed by atoms with Gasteiger partial charge in [0.15, 0.2) is 5.78 Å². The van der Waals surface area contributed by atoms with Crippen molar-refractivity contribution >= 4 is 21.7 Å². The van der Waals surface area contributed by atoms with Gasteiger partial charge in [0.1, 0.15) is 0 Å². The van der Waals surface area contributed by atoms with Gasteiger partial charge >= 0.3 is 0 Å². The largest absolute Gasteiger partial charge is 0.376 e. The van der Waals surface area contributed by atoms with Crippen molar-refractivity contribution in [1.29, 1.82) is 0 Å². The third kappa shape index (κ3) is 4.18. The van der Waals surface area contributed by atoms with Crippen molar-refractivity contribution in [1.82, 2.24) is 10.0 Å². The zero-order chi connectivity index (χ0) is 13.3. The van der Waals surface area contributed by atoms with Crippen LogP contribution in [-0.2, 0) is 19.6 Å². The van der Waals surface area contributed by atoms with E-state index in [9.17, 15) is 18.0 Å². The Labute approximate surface area is 101 Å². The molecule has 17 heavy (non-hydrogen) atoms. The molecule has 1 rings (SSSR count). The lowest BCUT2D eigenvalue weighted by Crippen LogP contribution is -2.44. The Morgan fingerprint density at radius 3 is 2.53 bits per heavy atom. The molecule has 0 spiro atoms. The molecule has 6 nitrogen and oxygen atoms in total. The Morgan fingerprint density at radius 2 is 2.12 bits per heavy atom. The van der Waals surface area contributed by atoms with Gasteiger partial charge in [-0.1, -0.05) is 6.08 Å². The van der Waals surface area contributed by atoms with Crippen LogP contribution in [0, 0.1) is 0 Å². The zero-order valence-electron chi connectivity index (χ0n) is 10.0. The molecule has 0 fully saturated rings. The number of rotatable bonds is 4. The molecule has 7 heteroatoms. The van der Waals surface area contributed by atoms with Gasteiger partial charge in [0.2, 0.25) is 15.9 Å². The number of Topliss-reactive ketones (excluding diaryl/α,β-unsaturated/α-hetero) is 1. The maximum atomic E-state index is 11.5. The first-order valence-corrected chi connectivity index (χ1v) is 7.00. The van der Waals surface area contributed by atoms with Crippen LogP contribution in [0.1, 0.15) is 26.7 Å². The van der Waals surface area contributed by atoms with E-state index in [1.165, 1.54) is 6.92 Å². The number of hydrogen-bond donors (Lipinski definition) is 2. The Kier molecular flexibility index (Phi) is 3.61. The van der Waals surface area contributed by atoms with E-state index < -0.39 is 21.5 Å². The van der Waals surface area contributed by atoms with Crippen LogP contribution in [0.4, 0.5) is 0 Å². The Bertz CT molecular complexity index is 481. The second kappa shape index (κ2) is 4.48. The number of nitrogens with one attached hydrogen (secondary N) is 2. The minimum Gasteiger partial charge on any atom is -0.376 e. The van der Waals surface area contributed by atoms with Crippen molar-refractivity contribution in [2.75, 3.05) is 6.26 Å². The van der Waals surface area contributed by atoms with Crippen LogP contribution in [0.25, 0.3) is 0 Å². The molecule has 0 bridgehead atoms. The van der Waals surface area contributed by atoms with Gasteiger partial charge in [0.25, 0.3) is 0 Å².